The van der Waals surface area contributed by atoms with E-state index in [0.29, 0.717) is 52.8 Å². The fourth-order valence-electron chi connectivity index (χ4n) is 11.9. The van der Waals surface area contributed by atoms with Gasteiger partial charge in [0.25, 0.3) is 0 Å². The first-order valence-electron chi connectivity index (χ1n) is 33.2. The zero-order valence-corrected chi connectivity index (χ0v) is 67.4. The molecule has 11 N–H and O–H groups in total. The summed E-state index contributed by atoms with van der Waals surface area (Å²) in [5.74, 6) is -5.23. The second-order valence-electron chi connectivity index (χ2n) is 23.8. The lowest BCUT2D eigenvalue weighted by molar-refractivity contribution is -0.385. The van der Waals surface area contributed by atoms with Crippen molar-refractivity contribution in [2.45, 2.75) is 153 Å². The van der Waals surface area contributed by atoms with Gasteiger partial charge in [0, 0.05) is 56.3 Å². The van der Waals surface area contributed by atoms with Crippen molar-refractivity contribution in [2.24, 2.45) is 5.73 Å². The summed E-state index contributed by atoms with van der Waals surface area (Å²) in [6, 6.07) is -1.71. The average molecular weight is 1830 g/mol. The fourth-order valence-corrected chi connectivity index (χ4v) is 14.6. The number of aliphatic carboxylic acids is 2. The number of carbonyl (C=O) groups excluding carboxylic acids is 1. The topological polar surface area (TPSA) is 733 Å². The van der Waals surface area contributed by atoms with E-state index in [1.54, 1.807) is 0 Å². The standard InChI is InChI=1S/C53H94N2O53S7/c1-79-31-27(23-94-110(61,62)63)96-49(30(34(31)80-2)55-29(56)25-92-21-20-91-19-18-90-17-16-89-15-14-88-13-12-87-11-10-86-9-8-54)101-37-35(81-3)43(83-5)52(103-41(37)47(57)58)100-33-28(24-95-111(64,65)66)98-53(46(108-115(76,77)78)40(33)106-113(70,71)72)102-38-36(82-4)44(84-6)51(104-42(38)48(59)60)99-32-26(22-93-109)97-50(85-7)45(107-114(73,74)75)39(32)105-112(67,68)69/h26-28,30-46,49-53,109H,8-25,54H2,1-7H3,(H,55,56)(H,57,58)(H,59,60)(H,61,62,63)(H,64,65,66)(H,67,68,69)(H,70,71,72)(H,73,74,75)(H,76,77,78)/t26-,27-,28-,30-,31-,32?,33?,34-,35+,36+,37+,38+,39+,40+,41+,42-,43-,44-,45-,46-,49?,50?,51-,52-,53?/m1/s1. The van der Waals surface area contributed by atoms with Gasteiger partial charge in [-0.25, -0.2) is 34.7 Å². The summed E-state index contributed by atoms with van der Waals surface area (Å²) >= 11 is 3.62. The first-order valence-corrected chi connectivity index (χ1v) is 41.8. The van der Waals surface area contributed by atoms with Gasteiger partial charge in [-0.2, -0.15) is 50.5 Å². The van der Waals surface area contributed by atoms with Crippen molar-refractivity contribution in [3.05, 3.63) is 0 Å². The zero-order chi connectivity index (χ0) is 85.8. The van der Waals surface area contributed by atoms with Crippen LogP contribution in [0.2, 0.25) is 0 Å². The molecule has 55 nitrogen and oxygen atoms in total. The molecule has 0 radical (unpaired) electrons. The number of hydrogen-bond acceptors (Lipinski definition) is 47. The largest absolute Gasteiger partial charge is 0.479 e. The van der Waals surface area contributed by atoms with Crippen molar-refractivity contribution in [3.8, 4) is 0 Å². The summed E-state index contributed by atoms with van der Waals surface area (Å²) in [7, 11) is -28.7. The molecule has 5 fully saturated rings. The molecule has 5 aliphatic rings. The molecule has 25 atom stereocenters. The van der Waals surface area contributed by atoms with Crippen LogP contribution in [0.5, 0.6) is 0 Å². The third kappa shape index (κ3) is 34.0. The molecule has 5 unspecified atom stereocenters. The molecular weight excluding hydrogens is 1740 g/mol. The maximum atomic E-state index is 13.8. The van der Waals surface area contributed by atoms with E-state index in [1.165, 1.54) is 0 Å². The number of carboxylic acid groups (broad SMARTS) is 2. The van der Waals surface area contributed by atoms with Crippen LogP contribution in [0, 0.1) is 0 Å². The maximum absolute atomic E-state index is 13.8. The van der Waals surface area contributed by atoms with Crippen LogP contribution < -0.4 is 11.1 Å². The molecule has 0 saturated carbocycles. The number of carbonyl (C=O) groups is 3. The quantitative estimate of drug-likeness (QED) is 0.0117. The Hall–Kier alpha value is -3.02. The van der Waals surface area contributed by atoms with Gasteiger partial charge in [0.2, 0.25) is 5.91 Å². The van der Waals surface area contributed by atoms with Crippen molar-refractivity contribution < 1.29 is 241 Å². The predicted octanol–water partition coefficient (Wildman–Crippen LogP) is -8.13. The van der Waals surface area contributed by atoms with Crippen LogP contribution in [0.3, 0.4) is 0 Å². The van der Waals surface area contributed by atoms with E-state index in [4.69, 9.17) is 131 Å². The highest BCUT2D eigenvalue weighted by atomic mass is 32.3. The molecule has 5 aliphatic heterocycles. The lowest BCUT2D eigenvalue weighted by atomic mass is 9.94. The average Bonchev–Trinajstić information content (AvgIpc) is 0.753. The first-order chi connectivity index (χ1) is 54.0. The third-order valence-electron chi connectivity index (χ3n) is 16.3. The molecule has 62 heteroatoms. The van der Waals surface area contributed by atoms with E-state index in [1.807, 2.05) is 0 Å². The molecule has 0 aromatic rings. The van der Waals surface area contributed by atoms with Gasteiger partial charge in [0.05, 0.1) is 106 Å². The Morgan fingerprint density at radius 3 is 0.983 bits per heavy atom. The van der Waals surface area contributed by atoms with Gasteiger partial charge in [-0.05, 0) is 12.9 Å². The lowest BCUT2D eigenvalue weighted by Crippen LogP contribution is -2.70. The number of carboxylic acids is 2. The normalized spacial score (nSPS) is 32.7. The van der Waals surface area contributed by atoms with Gasteiger partial charge in [-0.15, -0.1) is 0 Å². The number of ether oxygens (including phenoxy) is 23. The number of nitrogens with one attached hydrogen (secondary N) is 1. The van der Waals surface area contributed by atoms with Crippen LogP contribution >= 0.6 is 12.9 Å². The van der Waals surface area contributed by atoms with E-state index >= 15 is 0 Å². The van der Waals surface area contributed by atoms with E-state index in [9.17, 15) is 102 Å². The highest BCUT2D eigenvalue weighted by Crippen LogP contribution is 2.41. The van der Waals surface area contributed by atoms with Crippen LogP contribution in [0.15, 0.2) is 0 Å². The molecule has 5 saturated heterocycles. The van der Waals surface area contributed by atoms with Gasteiger partial charge >= 0.3 is 74.3 Å². The lowest BCUT2D eigenvalue weighted by Gasteiger charge is -2.51. The van der Waals surface area contributed by atoms with Gasteiger partial charge in [-0.1, -0.05) is 0 Å². The predicted molar refractivity (Wildman–Crippen MR) is 362 cm³/mol. The molecule has 0 aromatic carbocycles. The summed E-state index contributed by atoms with van der Waals surface area (Å²) in [5.41, 5.74) is 5.36. The Morgan fingerprint density at radius 1 is 0.339 bits per heavy atom. The number of hydrogen-bond donors (Lipinski definition) is 11. The molecule has 676 valence electrons. The van der Waals surface area contributed by atoms with Crippen LogP contribution in [0.1, 0.15) is 0 Å². The molecule has 0 aliphatic carbocycles. The first kappa shape index (κ1) is 103. The van der Waals surface area contributed by atoms with Crippen molar-refractivity contribution in [2.75, 3.05) is 169 Å². The monoisotopic (exact) mass is 1830 g/mol. The Balaban J connectivity index is 1.45. The summed E-state index contributed by atoms with van der Waals surface area (Å²) in [6.45, 7) is -1.10. The van der Waals surface area contributed by atoms with Crippen LogP contribution in [0.25, 0.3) is 0 Å². The maximum Gasteiger partial charge on any atom is 0.397 e. The molecule has 5 heterocycles. The summed E-state index contributed by atoms with van der Waals surface area (Å²) in [4.78, 5) is 40.8. The zero-order valence-electron chi connectivity index (χ0n) is 61.6. The molecule has 0 bridgehead atoms. The van der Waals surface area contributed by atoms with Crippen molar-refractivity contribution in [1.82, 2.24) is 5.32 Å². The molecule has 0 spiro atoms. The van der Waals surface area contributed by atoms with E-state index in [-0.39, 0.29) is 39.6 Å². The van der Waals surface area contributed by atoms with Crippen molar-refractivity contribution in [3.63, 3.8) is 0 Å². The number of thiol groups is 1. The van der Waals surface area contributed by atoms with Gasteiger partial charge in [0.15, 0.2) is 55.9 Å². The van der Waals surface area contributed by atoms with E-state index in [2.05, 4.69) is 30.8 Å². The van der Waals surface area contributed by atoms with Crippen LogP contribution in [-0.4, -0.2) is 428 Å². The summed E-state index contributed by atoms with van der Waals surface area (Å²) < 4.78 is 372. The number of methoxy groups -OCH3 is 7. The molecular formula is C53H94N2O53S7. The third-order valence-corrected chi connectivity index (χ3v) is 19.2. The van der Waals surface area contributed by atoms with Gasteiger partial charge < -0.3 is 134 Å². The van der Waals surface area contributed by atoms with Crippen molar-refractivity contribution >= 4 is 93.1 Å². The van der Waals surface area contributed by atoms with E-state index < -0.39 is 260 Å². The SMILES string of the molecule is COC1O[C@H](COS)C(O[C@@H]2O[C@@H](C(=O)O)[C@@H](OC3O[C@H](COS(=O)(=O)O)C(O[C@@H]4O[C@H](C(=O)O)[C@@H](OC5O[C@H](COS(=O)(=O)O)[C@@H](OC)[C@H](OC)[C@H]5NC(=O)COCCOCCOCCOCCOCCOCCOCCN)[C@H](OC)[C@H]4OC)[C@H](OS(=O)(=O)O)[C@H]3OS(=O)(=O)O)[C@H](OC)[C@H]2OC)[C@H](OS(=O)(=O)O)[C@H]1OS(=O)(=O)O. The van der Waals surface area contributed by atoms with Crippen LogP contribution in [-0.2, 0) is 215 Å². The molecule has 5 rings (SSSR count). The van der Waals surface area contributed by atoms with E-state index in [0.717, 1.165) is 49.8 Å². The number of rotatable bonds is 56. The minimum Gasteiger partial charge on any atom is -0.479 e. The molecule has 115 heavy (non-hydrogen) atoms. The number of amides is 1. The highest BCUT2D eigenvalue weighted by molar-refractivity contribution is 7.82. The second-order valence-corrected chi connectivity index (χ2v) is 30.4. The second kappa shape index (κ2) is 48.7. The Bertz CT molecular complexity index is 3640. The highest BCUT2D eigenvalue weighted by Gasteiger charge is 2.63. The fraction of sp³-hybridized carbons (Fsp3) is 0.943. The number of nitrogens with two attached hydrogens (primary N) is 1. The van der Waals surface area contributed by atoms with Gasteiger partial charge in [0.1, 0.15) is 104 Å². The summed E-state index contributed by atoms with van der Waals surface area (Å²) in [6.07, 6.45) is -56.6. The Labute approximate surface area is 663 Å². The molecule has 0 aromatic heterocycles. The Morgan fingerprint density at radius 2 is 0.643 bits per heavy atom. The van der Waals surface area contributed by atoms with Gasteiger partial charge in [-0.3, -0.25) is 32.1 Å². The summed E-state index contributed by atoms with van der Waals surface area (Å²) in [5, 5.41) is 24.3. The smallest absolute Gasteiger partial charge is 0.397 e. The molecule has 1 amide bonds. The minimum absolute atomic E-state index is 0.0774. The Kier molecular flexibility index (Phi) is 43.4. The van der Waals surface area contributed by atoms with Crippen LogP contribution in [0.4, 0.5) is 0 Å². The minimum atomic E-state index is -6.22. The van der Waals surface area contributed by atoms with Crippen molar-refractivity contribution in [1.29, 1.82) is 0 Å².